The van der Waals surface area contributed by atoms with E-state index in [1.165, 1.54) is 0 Å². The summed E-state index contributed by atoms with van der Waals surface area (Å²) in [6.45, 7) is 2.04. The lowest BCUT2D eigenvalue weighted by Gasteiger charge is -2.22. The fraction of sp³-hybridized carbons (Fsp3) is 0.385. The number of aliphatic hydroxyl groups is 1. The van der Waals surface area contributed by atoms with Crippen molar-refractivity contribution >= 4 is 34.3 Å². The minimum Gasteiger partial charge on any atom is -0.399 e. The largest absolute Gasteiger partial charge is 0.399 e. The smallest absolute Gasteiger partial charge is 0.260 e. The predicted molar refractivity (Wildman–Crippen MR) is 84.3 cm³/mol. The first kappa shape index (κ1) is 14.7. The molecule has 5 N–H and O–H groups in total. The van der Waals surface area contributed by atoms with Crippen LogP contribution in [-0.2, 0) is 0 Å². The number of nitrogens with two attached hydrogens (primary N) is 1. The molecule has 1 aromatic carbocycles. The summed E-state index contributed by atoms with van der Waals surface area (Å²) in [7, 11) is 0. The van der Waals surface area contributed by atoms with Crippen LogP contribution in [0.4, 0.5) is 11.6 Å². The molecule has 6 nitrogen and oxygen atoms in total. The Morgan fingerprint density at radius 1 is 1.55 bits per heavy atom. The number of hydrogen-bond donors (Lipinski definition) is 4. The molecule has 0 saturated carbocycles. The van der Waals surface area contributed by atoms with Gasteiger partial charge in [0.15, 0.2) is 0 Å². The maximum Gasteiger partial charge on any atom is 0.260 e. The zero-order valence-electron chi connectivity index (χ0n) is 11.4. The van der Waals surface area contributed by atoms with Crippen molar-refractivity contribution in [3.8, 4) is 0 Å². The van der Waals surface area contributed by atoms with Crippen LogP contribution in [0.15, 0.2) is 23.0 Å². The zero-order valence-corrected chi connectivity index (χ0v) is 12.3. The lowest BCUT2D eigenvalue weighted by molar-refractivity contribution is 0.0995. The molecule has 0 bridgehead atoms. The summed E-state index contributed by atoms with van der Waals surface area (Å²) in [5.74, 6) is 0.933. The van der Waals surface area contributed by atoms with Crippen molar-refractivity contribution in [2.75, 3.05) is 29.6 Å². The molecule has 0 spiro atoms. The molecular weight excluding hydrogens is 276 g/mol. The second-order valence-corrected chi connectivity index (χ2v) is 5.84. The number of fused-ring (bicyclic) bond motifs is 1. The average molecular weight is 294 g/mol. The number of nitrogens with zero attached hydrogens (tertiary/aromatic N) is 1. The van der Waals surface area contributed by atoms with Gasteiger partial charge >= 0.3 is 0 Å². The third-order valence-electron chi connectivity index (χ3n) is 2.82. The molecule has 0 saturated heterocycles. The molecule has 0 fully saturated rings. The molecule has 1 atom stereocenters. The minimum atomic E-state index is -0.867. The molecule has 1 unspecified atom stereocenters. The summed E-state index contributed by atoms with van der Waals surface area (Å²) in [6.07, 6.45) is 1.93. The average Bonchev–Trinajstić information content (AvgIpc) is 2.37. The van der Waals surface area contributed by atoms with Crippen molar-refractivity contribution in [1.82, 2.24) is 9.97 Å². The number of rotatable bonds is 5. The van der Waals surface area contributed by atoms with E-state index in [9.17, 15) is 9.90 Å². The Hall–Kier alpha value is -1.73. The van der Waals surface area contributed by atoms with E-state index in [0.717, 1.165) is 0 Å². The second kappa shape index (κ2) is 5.72. The van der Waals surface area contributed by atoms with Gasteiger partial charge < -0.3 is 16.2 Å². The van der Waals surface area contributed by atoms with Crippen molar-refractivity contribution in [1.29, 1.82) is 0 Å². The van der Waals surface area contributed by atoms with E-state index in [4.69, 9.17) is 5.73 Å². The Morgan fingerprint density at radius 3 is 3.00 bits per heavy atom. The molecule has 1 heterocycles. The molecule has 0 radical (unpaired) electrons. The van der Waals surface area contributed by atoms with Gasteiger partial charge in [-0.05, 0) is 31.4 Å². The minimum absolute atomic E-state index is 0.255. The quantitative estimate of drug-likeness (QED) is 0.614. The van der Waals surface area contributed by atoms with E-state index >= 15 is 0 Å². The number of thioether (sulfide) groups is 1. The second-order valence-electron chi connectivity index (χ2n) is 4.97. The molecule has 20 heavy (non-hydrogen) atoms. The number of hydrogen-bond acceptors (Lipinski definition) is 6. The third kappa shape index (κ3) is 3.43. The molecule has 0 aliphatic carbocycles. The van der Waals surface area contributed by atoms with Gasteiger partial charge in [-0.1, -0.05) is 0 Å². The number of nitrogens with one attached hydrogen (secondary N) is 2. The molecule has 2 aromatic rings. The topological polar surface area (TPSA) is 104 Å². The summed E-state index contributed by atoms with van der Waals surface area (Å²) in [5.41, 5.74) is 5.61. The van der Waals surface area contributed by atoms with Crippen LogP contribution in [0.25, 0.3) is 10.9 Å². The number of aromatic nitrogens is 2. The van der Waals surface area contributed by atoms with Gasteiger partial charge in [0.2, 0.25) is 5.95 Å². The van der Waals surface area contributed by atoms with Crippen molar-refractivity contribution in [3.05, 3.63) is 28.6 Å². The summed E-state index contributed by atoms with van der Waals surface area (Å²) in [5, 5.41) is 13.5. The Labute approximate surface area is 120 Å². The first-order valence-electron chi connectivity index (χ1n) is 6.16. The third-order valence-corrected chi connectivity index (χ3v) is 3.73. The van der Waals surface area contributed by atoms with Crippen molar-refractivity contribution < 1.29 is 5.11 Å². The Bertz CT molecular complexity index is 669. The van der Waals surface area contributed by atoms with Gasteiger partial charge in [-0.25, -0.2) is 4.98 Å². The lowest BCUT2D eigenvalue weighted by atomic mass is 10.1. The van der Waals surface area contributed by atoms with Crippen LogP contribution in [0.5, 0.6) is 0 Å². The van der Waals surface area contributed by atoms with Crippen molar-refractivity contribution in [2.45, 2.75) is 12.5 Å². The molecule has 1 aromatic heterocycles. The number of benzene rings is 1. The highest BCUT2D eigenvalue weighted by Gasteiger charge is 2.19. The summed E-state index contributed by atoms with van der Waals surface area (Å²) < 4.78 is 0. The number of aromatic amines is 1. The zero-order chi connectivity index (χ0) is 14.8. The number of anilines is 2. The van der Waals surface area contributed by atoms with E-state index in [1.54, 1.807) is 36.9 Å². The van der Waals surface area contributed by atoms with Crippen molar-refractivity contribution in [3.63, 3.8) is 0 Å². The van der Waals surface area contributed by atoms with E-state index < -0.39 is 5.60 Å². The van der Waals surface area contributed by atoms with Gasteiger partial charge in [-0.2, -0.15) is 11.8 Å². The van der Waals surface area contributed by atoms with Gasteiger partial charge in [0.05, 0.1) is 16.5 Å². The van der Waals surface area contributed by atoms with Crippen LogP contribution in [0, 0.1) is 0 Å². The maximum atomic E-state index is 11.9. The van der Waals surface area contributed by atoms with E-state index in [0.29, 0.717) is 34.8 Å². The van der Waals surface area contributed by atoms with Gasteiger partial charge in [0.25, 0.3) is 5.56 Å². The maximum absolute atomic E-state index is 11.9. The lowest BCUT2D eigenvalue weighted by Crippen LogP contribution is -2.36. The van der Waals surface area contributed by atoms with E-state index in [1.807, 2.05) is 6.26 Å². The summed E-state index contributed by atoms with van der Waals surface area (Å²) >= 11 is 1.55. The van der Waals surface area contributed by atoms with Gasteiger partial charge in [0, 0.05) is 18.0 Å². The van der Waals surface area contributed by atoms with Crippen LogP contribution >= 0.6 is 11.8 Å². The highest BCUT2D eigenvalue weighted by atomic mass is 32.2. The first-order valence-corrected chi connectivity index (χ1v) is 7.55. The van der Waals surface area contributed by atoms with E-state index in [2.05, 4.69) is 15.3 Å². The highest BCUT2D eigenvalue weighted by Crippen LogP contribution is 2.14. The van der Waals surface area contributed by atoms with Crippen LogP contribution in [0.2, 0.25) is 0 Å². The fourth-order valence-electron chi connectivity index (χ4n) is 1.88. The Balaban J connectivity index is 2.24. The molecule has 108 valence electrons. The SMILES string of the molecule is CSCC(C)(O)CNc1nc2ccc(N)cc2c(=O)[nH]1. The van der Waals surface area contributed by atoms with Crippen LogP contribution < -0.4 is 16.6 Å². The number of H-pyrrole nitrogens is 1. The van der Waals surface area contributed by atoms with Gasteiger partial charge in [-0.3, -0.25) is 9.78 Å². The van der Waals surface area contributed by atoms with E-state index in [-0.39, 0.29) is 5.56 Å². The standard InChI is InChI=1S/C13H18N4O2S/c1-13(19,7-20-2)6-15-12-16-10-4-3-8(14)5-9(10)11(18)17-12/h3-5,19H,6-7,14H2,1-2H3,(H2,15,16,17,18). The number of nitrogen functional groups attached to an aromatic ring is 1. The molecule has 0 amide bonds. The summed E-state index contributed by atoms with van der Waals surface area (Å²) in [4.78, 5) is 18.9. The van der Waals surface area contributed by atoms with Gasteiger partial charge in [-0.15, -0.1) is 0 Å². The fourth-order valence-corrected chi connectivity index (χ4v) is 2.60. The predicted octanol–water partition coefficient (Wildman–Crippen LogP) is 1.03. The summed E-state index contributed by atoms with van der Waals surface area (Å²) in [6, 6.07) is 4.99. The Kier molecular flexibility index (Phi) is 4.20. The monoisotopic (exact) mass is 294 g/mol. The van der Waals surface area contributed by atoms with Crippen LogP contribution in [0.1, 0.15) is 6.92 Å². The van der Waals surface area contributed by atoms with Crippen LogP contribution in [0.3, 0.4) is 0 Å². The normalized spacial score (nSPS) is 14.2. The molecule has 2 rings (SSSR count). The van der Waals surface area contributed by atoms with Gasteiger partial charge in [0.1, 0.15) is 0 Å². The Morgan fingerprint density at radius 2 is 2.30 bits per heavy atom. The molecule has 0 aliphatic rings. The molecule has 0 aliphatic heterocycles. The van der Waals surface area contributed by atoms with Crippen LogP contribution in [-0.4, -0.2) is 39.2 Å². The molecular formula is C13H18N4O2S. The first-order chi connectivity index (χ1) is 9.41. The van der Waals surface area contributed by atoms with Crippen molar-refractivity contribution in [2.24, 2.45) is 0 Å². The molecule has 7 heteroatoms. The highest BCUT2D eigenvalue weighted by molar-refractivity contribution is 7.98.